The van der Waals surface area contributed by atoms with Crippen LogP contribution >= 0.6 is 0 Å². The van der Waals surface area contributed by atoms with Gasteiger partial charge in [-0.25, -0.2) is 0 Å². The van der Waals surface area contributed by atoms with Crippen LogP contribution in [0.25, 0.3) is 55.3 Å². The maximum Gasteiger partial charge on any atom is 3.00 e. The fraction of sp³-hybridized carbons (Fsp3) is 0. The molecule has 0 radical (unpaired) electrons. The zero-order valence-corrected chi connectivity index (χ0v) is 26.7. The molecule has 3 aromatic heterocycles. The molecule has 8 rings (SSSR count). The van der Waals surface area contributed by atoms with Gasteiger partial charge in [-0.2, -0.15) is 0 Å². The third-order valence-corrected chi connectivity index (χ3v) is 6.93. The monoisotopic (exact) mass is 755 g/mol. The summed E-state index contributed by atoms with van der Waals surface area (Å²) in [4.78, 5) is 13.1. The van der Waals surface area contributed by atoms with Gasteiger partial charge in [-0.1, -0.05) is 60.7 Å². The van der Waals surface area contributed by atoms with E-state index in [0.717, 1.165) is 33.8 Å². The van der Waals surface area contributed by atoms with Crippen molar-refractivity contribution in [2.75, 3.05) is 0 Å². The Kier molecular flexibility index (Phi) is 11.1. The maximum absolute atomic E-state index is 4.45. The Morgan fingerprint density at radius 3 is 1.24 bits per heavy atom. The maximum atomic E-state index is 4.45. The van der Waals surface area contributed by atoms with Crippen LogP contribution < -0.4 is 0 Å². The Hall–Kier alpha value is -5.28. The Morgan fingerprint density at radius 1 is 0.356 bits per heavy atom. The molecule has 3 heterocycles. The van der Waals surface area contributed by atoms with E-state index in [9.17, 15) is 0 Å². The predicted molar refractivity (Wildman–Crippen MR) is 181 cm³/mol. The first-order valence-electron chi connectivity index (χ1n) is 14.4. The zero-order valence-electron chi connectivity index (χ0n) is 24.3. The third kappa shape index (κ3) is 8.01. The van der Waals surface area contributed by atoms with E-state index in [1.807, 2.05) is 140 Å². The van der Waals surface area contributed by atoms with Crippen molar-refractivity contribution in [1.82, 2.24) is 15.0 Å². The molecule has 0 unspecified atom stereocenters. The molecule has 8 aromatic rings. The summed E-state index contributed by atoms with van der Waals surface area (Å²) in [5.74, 6) is 0. The summed E-state index contributed by atoms with van der Waals surface area (Å²) in [5, 5.41) is 4.77. The fourth-order valence-corrected chi connectivity index (χ4v) is 4.82. The van der Waals surface area contributed by atoms with Crippen LogP contribution in [-0.2, 0) is 20.1 Å². The summed E-state index contributed by atoms with van der Waals surface area (Å²) in [6, 6.07) is 59.7. The number of fused-ring (bicyclic) bond motifs is 2. The van der Waals surface area contributed by atoms with Gasteiger partial charge in [-0.15, -0.1) is 108 Å². The predicted octanol–water partition coefficient (Wildman–Crippen LogP) is 9.95. The average molecular weight is 755 g/mol. The molecular formula is C41H28IrN3. The third-order valence-electron chi connectivity index (χ3n) is 6.93. The van der Waals surface area contributed by atoms with Crippen molar-refractivity contribution in [3.05, 3.63) is 188 Å². The van der Waals surface area contributed by atoms with Gasteiger partial charge in [0.05, 0.1) is 0 Å². The van der Waals surface area contributed by atoms with E-state index in [2.05, 4.69) is 57.4 Å². The standard InChI is InChI=1S/2C15H10N.C11H8N.Ir/c2*1-2-7-13(8-3-1)15-14-9-5-4-6-12(14)10-11-16-15;1-2-6-10(7-3-1)11-8-4-5-9-12-11;/h2*1-7,9-11H;1-6,8-9H;/q3*-1;+3. The second-order valence-corrected chi connectivity index (χ2v) is 9.81. The molecule has 216 valence electrons. The van der Waals surface area contributed by atoms with Crippen molar-refractivity contribution in [3.8, 4) is 33.8 Å². The summed E-state index contributed by atoms with van der Waals surface area (Å²) in [7, 11) is 0. The van der Waals surface area contributed by atoms with E-state index in [4.69, 9.17) is 0 Å². The number of benzene rings is 5. The molecule has 0 fully saturated rings. The largest absolute Gasteiger partial charge is 3.00 e. The number of hydrogen-bond acceptors (Lipinski definition) is 3. The van der Waals surface area contributed by atoms with Crippen molar-refractivity contribution >= 4 is 21.5 Å². The Morgan fingerprint density at radius 2 is 0.800 bits per heavy atom. The van der Waals surface area contributed by atoms with Gasteiger partial charge in [-0.3, -0.25) is 0 Å². The van der Waals surface area contributed by atoms with Crippen LogP contribution in [0.1, 0.15) is 0 Å². The van der Waals surface area contributed by atoms with E-state index in [-0.39, 0.29) is 20.1 Å². The van der Waals surface area contributed by atoms with Crippen molar-refractivity contribution < 1.29 is 20.1 Å². The van der Waals surface area contributed by atoms with Crippen molar-refractivity contribution in [1.29, 1.82) is 0 Å². The SMILES string of the molecule is [Ir+3].[c-]1ccccc1-c1ccccn1.[c-]1ccccc1-c1nccc2ccccc12.[c-]1ccccc1-c1nccc2ccccc12. The molecule has 0 atom stereocenters. The van der Waals surface area contributed by atoms with Crippen LogP contribution in [0, 0.1) is 18.2 Å². The summed E-state index contributed by atoms with van der Waals surface area (Å²) in [5.41, 5.74) is 6.09. The number of rotatable bonds is 3. The normalized spacial score (nSPS) is 10.0. The summed E-state index contributed by atoms with van der Waals surface area (Å²) >= 11 is 0. The van der Waals surface area contributed by atoms with E-state index in [0.29, 0.717) is 0 Å². The first-order chi connectivity index (χ1) is 21.9. The Balaban J connectivity index is 0.000000134. The second-order valence-electron chi connectivity index (χ2n) is 9.81. The van der Waals surface area contributed by atoms with E-state index >= 15 is 0 Å². The first kappa shape index (κ1) is 31.2. The molecule has 0 aliphatic heterocycles. The molecule has 0 N–H and O–H groups in total. The minimum atomic E-state index is 0. The zero-order chi connectivity index (χ0) is 29.8. The van der Waals surface area contributed by atoms with Crippen LogP contribution in [0.4, 0.5) is 0 Å². The average Bonchev–Trinajstić information content (AvgIpc) is 3.13. The summed E-state index contributed by atoms with van der Waals surface area (Å²) in [6.07, 6.45) is 5.48. The minimum absolute atomic E-state index is 0. The second kappa shape index (κ2) is 16.0. The van der Waals surface area contributed by atoms with E-state index in [1.54, 1.807) is 6.20 Å². The first-order valence-corrected chi connectivity index (χ1v) is 14.4. The van der Waals surface area contributed by atoms with Crippen molar-refractivity contribution in [2.45, 2.75) is 0 Å². The van der Waals surface area contributed by atoms with Gasteiger partial charge in [0.15, 0.2) is 0 Å². The molecule has 0 bridgehead atoms. The van der Waals surface area contributed by atoms with Gasteiger partial charge in [0.2, 0.25) is 0 Å². The molecule has 0 saturated heterocycles. The molecular weight excluding hydrogens is 727 g/mol. The molecule has 0 aliphatic carbocycles. The van der Waals surface area contributed by atoms with Crippen LogP contribution in [0.2, 0.25) is 0 Å². The quantitative estimate of drug-likeness (QED) is 0.169. The minimum Gasteiger partial charge on any atom is -0.305 e. The smallest absolute Gasteiger partial charge is 0.305 e. The number of nitrogens with zero attached hydrogens (tertiary/aromatic N) is 3. The fourth-order valence-electron chi connectivity index (χ4n) is 4.82. The van der Waals surface area contributed by atoms with Crippen molar-refractivity contribution in [2.24, 2.45) is 0 Å². The number of pyridine rings is 3. The summed E-state index contributed by atoms with van der Waals surface area (Å²) in [6.45, 7) is 0. The van der Waals surface area contributed by atoms with Gasteiger partial charge < -0.3 is 15.0 Å². The molecule has 45 heavy (non-hydrogen) atoms. The molecule has 0 aliphatic rings. The van der Waals surface area contributed by atoms with Crippen LogP contribution in [0.5, 0.6) is 0 Å². The van der Waals surface area contributed by atoms with Gasteiger partial charge in [-0.05, 0) is 56.8 Å². The molecule has 0 saturated carbocycles. The van der Waals surface area contributed by atoms with Gasteiger partial charge in [0.25, 0.3) is 0 Å². The molecule has 5 aromatic carbocycles. The van der Waals surface area contributed by atoms with Crippen LogP contribution in [0.15, 0.2) is 170 Å². The van der Waals surface area contributed by atoms with Gasteiger partial charge in [0.1, 0.15) is 0 Å². The topological polar surface area (TPSA) is 38.7 Å². The Bertz CT molecular complexity index is 1890. The van der Waals surface area contributed by atoms with Crippen LogP contribution in [0.3, 0.4) is 0 Å². The van der Waals surface area contributed by atoms with Crippen LogP contribution in [-0.4, -0.2) is 15.0 Å². The van der Waals surface area contributed by atoms with E-state index < -0.39 is 0 Å². The van der Waals surface area contributed by atoms with E-state index in [1.165, 1.54) is 21.5 Å². The van der Waals surface area contributed by atoms with Gasteiger partial charge in [0, 0.05) is 18.6 Å². The summed E-state index contributed by atoms with van der Waals surface area (Å²) < 4.78 is 0. The number of aromatic nitrogens is 3. The molecule has 0 spiro atoms. The molecule has 4 heteroatoms. The van der Waals surface area contributed by atoms with Crippen molar-refractivity contribution in [3.63, 3.8) is 0 Å². The Labute approximate surface area is 277 Å². The van der Waals surface area contributed by atoms with Gasteiger partial charge >= 0.3 is 20.1 Å². The molecule has 0 amide bonds. The molecule has 3 nitrogen and oxygen atoms in total. The number of hydrogen-bond donors (Lipinski definition) is 0.